The molecule has 0 radical (unpaired) electrons. The molecule has 3 aromatic rings. The zero-order valence-electron chi connectivity index (χ0n) is 15.3. The monoisotopic (exact) mass is 436 g/mol. The van der Waals surface area contributed by atoms with Gasteiger partial charge in [-0.05, 0) is 58.6 Å². The minimum atomic E-state index is -0.337. The number of H-pyrrole nitrogens is 1. The second-order valence-corrected chi connectivity index (χ2v) is 8.16. The maximum Gasteiger partial charge on any atom is 0.195 e. The molecule has 1 saturated heterocycles. The summed E-state index contributed by atoms with van der Waals surface area (Å²) in [5.74, 6) is 0.713. The molecule has 0 bridgehead atoms. The van der Waals surface area contributed by atoms with Crippen molar-refractivity contribution in [3.8, 4) is 11.8 Å². The summed E-state index contributed by atoms with van der Waals surface area (Å²) in [6.07, 6.45) is 1.56. The van der Waals surface area contributed by atoms with Crippen molar-refractivity contribution in [3.63, 3.8) is 0 Å². The second kappa shape index (κ2) is 6.20. The summed E-state index contributed by atoms with van der Waals surface area (Å²) in [5.41, 5.74) is 4.39. The Morgan fingerprint density at radius 2 is 2.04 bits per heavy atom. The Bertz CT molecular complexity index is 1180. The molecule has 0 atom stereocenters. The zero-order valence-corrected chi connectivity index (χ0v) is 16.9. The molecule has 2 aromatic carbocycles. The Morgan fingerprint density at radius 3 is 2.75 bits per heavy atom. The molecule has 6 heteroatoms. The number of ketones is 1. The van der Waals surface area contributed by atoms with E-state index in [1.54, 1.807) is 13.2 Å². The van der Waals surface area contributed by atoms with E-state index in [2.05, 4.69) is 27.0 Å². The highest BCUT2D eigenvalue weighted by atomic mass is 79.9. The molecular formula is C22H17BrN2O3. The summed E-state index contributed by atoms with van der Waals surface area (Å²) in [4.78, 5) is 17.0. The number of ether oxygens (including phenoxy) is 2. The van der Waals surface area contributed by atoms with E-state index in [0.717, 1.165) is 39.5 Å². The van der Waals surface area contributed by atoms with Crippen LogP contribution in [0.15, 0.2) is 34.8 Å². The highest BCUT2D eigenvalue weighted by Gasteiger charge is 2.47. The summed E-state index contributed by atoms with van der Waals surface area (Å²) < 4.78 is 11.9. The third kappa shape index (κ3) is 2.24. The van der Waals surface area contributed by atoms with Crippen molar-refractivity contribution in [2.45, 2.75) is 18.3 Å². The highest BCUT2D eigenvalue weighted by Crippen LogP contribution is 2.51. The van der Waals surface area contributed by atoms with E-state index < -0.39 is 0 Å². The maximum atomic E-state index is 13.5. The summed E-state index contributed by atoms with van der Waals surface area (Å²) in [5, 5.41) is 10.1. The molecular weight excluding hydrogens is 420 g/mol. The van der Waals surface area contributed by atoms with Gasteiger partial charge in [-0.15, -0.1) is 0 Å². The largest absolute Gasteiger partial charge is 0.496 e. The number of carbonyl (C=O) groups is 1. The first-order chi connectivity index (χ1) is 13.6. The lowest BCUT2D eigenvalue weighted by molar-refractivity contribution is 0.0601. The maximum absolute atomic E-state index is 13.5. The SMILES string of the molecule is COc1cc2c(cc1Br)C(=O)c1c([nH]c3cc(C#N)ccc13)C21CCOCC1. The molecule has 5 nitrogen and oxygen atoms in total. The molecule has 0 saturated carbocycles. The summed E-state index contributed by atoms with van der Waals surface area (Å²) in [6.45, 7) is 1.26. The van der Waals surface area contributed by atoms with E-state index in [0.29, 0.717) is 35.7 Å². The molecule has 1 spiro atoms. The molecule has 1 fully saturated rings. The van der Waals surface area contributed by atoms with Gasteiger partial charge in [-0.2, -0.15) is 5.26 Å². The molecule has 0 amide bonds. The van der Waals surface area contributed by atoms with Gasteiger partial charge in [0.1, 0.15) is 5.75 Å². The van der Waals surface area contributed by atoms with Gasteiger partial charge in [0.15, 0.2) is 5.78 Å². The molecule has 2 heterocycles. The number of nitrogens with zero attached hydrogens (tertiary/aromatic N) is 1. The number of methoxy groups -OCH3 is 1. The van der Waals surface area contributed by atoms with Crippen molar-refractivity contribution >= 4 is 32.6 Å². The topological polar surface area (TPSA) is 75.1 Å². The molecule has 1 aliphatic carbocycles. The minimum Gasteiger partial charge on any atom is -0.496 e. The van der Waals surface area contributed by atoms with Crippen molar-refractivity contribution in [1.82, 2.24) is 4.98 Å². The number of benzene rings is 2. The lowest BCUT2D eigenvalue weighted by atomic mass is 9.64. The van der Waals surface area contributed by atoms with Gasteiger partial charge in [-0.25, -0.2) is 0 Å². The van der Waals surface area contributed by atoms with Gasteiger partial charge in [-0.1, -0.05) is 6.07 Å². The predicted octanol–water partition coefficient (Wildman–Crippen LogP) is 4.45. The fourth-order valence-electron chi connectivity index (χ4n) is 4.66. The second-order valence-electron chi connectivity index (χ2n) is 7.30. The molecule has 28 heavy (non-hydrogen) atoms. The standard InChI is InChI=1S/C22H17BrN2O3/c1-27-18-10-15-14(9-16(18)23)20(26)19-13-3-2-12(11-24)8-17(13)25-21(19)22(15)4-6-28-7-5-22/h2-3,8-10,25H,4-7H2,1H3. The van der Waals surface area contributed by atoms with Crippen molar-refractivity contribution in [2.24, 2.45) is 0 Å². The van der Waals surface area contributed by atoms with Crippen LogP contribution < -0.4 is 4.74 Å². The molecule has 2 aliphatic rings. The highest BCUT2D eigenvalue weighted by molar-refractivity contribution is 9.10. The van der Waals surface area contributed by atoms with E-state index >= 15 is 0 Å². The molecule has 0 unspecified atom stereocenters. The van der Waals surface area contributed by atoms with Crippen LogP contribution in [-0.4, -0.2) is 31.1 Å². The third-order valence-electron chi connectivity index (χ3n) is 6.03. The first kappa shape index (κ1) is 17.5. The van der Waals surface area contributed by atoms with Crippen LogP contribution in [0.2, 0.25) is 0 Å². The number of nitrogens with one attached hydrogen (secondary N) is 1. The average molecular weight is 437 g/mol. The summed E-state index contributed by atoms with van der Waals surface area (Å²) >= 11 is 3.53. The van der Waals surface area contributed by atoms with Crippen LogP contribution in [-0.2, 0) is 10.2 Å². The number of hydrogen-bond donors (Lipinski definition) is 1. The molecule has 1 aliphatic heterocycles. The lowest BCUT2D eigenvalue weighted by Gasteiger charge is -2.41. The van der Waals surface area contributed by atoms with Crippen molar-refractivity contribution in [1.29, 1.82) is 5.26 Å². The predicted molar refractivity (Wildman–Crippen MR) is 108 cm³/mol. The Balaban J connectivity index is 1.87. The average Bonchev–Trinajstić information content (AvgIpc) is 3.12. The van der Waals surface area contributed by atoms with Gasteiger partial charge in [-0.3, -0.25) is 4.79 Å². The van der Waals surface area contributed by atoms with E-state index in [-0.39, 0.29) is 11.2 Å². The van der Waals surface area contributed by atoms with E-state index in [1.165, 1.54) is 0 Å². The van der Waals surface area contributed by atoms with Gasteiger partial charge < -0.3 is 14.5 Å². The minimum absolute atomic E-state index is 0.00132. The lowest BCUT2D eigenvalue weighted by Crippen LogP contribution is -2.40. The Kier molecular flexibility index (Phi) is 3.87. The first-order valence-corrected chi connectivity index (χ1v) is 9.95. The van der Waals surface area contributed by atoms with Gasteiger partial charge in [0.05, 0.1) is 28.8 Å². The molecule has 5 rings (SSSR count). The third-order valence-corrected chi connectivity index (χ3v) is 6.65. The number of nitriles is 1. The number of carbonyl (C=O) groups excluding carboxylic acids is 1. The Hall–Kier alpha value is -2.62. The van der Waals surface area contributed by atoms with E-state index in [1.807, 2.05) is 24.3 Å². The van der Waals surface area contributed by atoms with Gasteiger partial charge in [0, 0.05) is 40.8 Å². The number of rotatable bonds is 1. The van der Waals surface area contributed by atoms with Crippen LogP contribution in [0.1, 0.15) is 45.6 Å². The Morgan fingerprint density at radius 1 is 1.25 bits per heavy atom. The number of aromatic nitrogens is 1. The normalized spacial score (nSPS) is 17.2. The number of hydrogen-bond acceptors (Lipinski definition) is 4. The Labute approximate surface area is 170 Å². The smallest absolute Gasteiger partial charge is 0.195 e. The van der Waals surface area contributed by atoms with Crippen molar-refractivity contribution < 1.29 is 14.3 Å². The fraction of sp³-hybridized carbons (Fsp3) is 0.273. The molecule has 1 N–H and O–H groups in total. The number of halogens is 1. The van der Waals surface area contributed by atoms with Crippen LogP contribution in [0.4, 0.5) is 0 Å². The first-order valence-electron chi connectivity index (χ1n) is 9.16. The van der Waals surface area contributed by atoms with Crippen LogP contribution in [0.5, 0.6) is 5.75 Å². The van der Waals surface area contributed by atoms with Gasteiger partial charge in [0.2, 0.25) is 0 Å². The van der Waals surface area contributed by atoms with E-state index in [9.17, 15) is 10.1 Å². The zero-order chi connectivity index (χ0) is 19.5. The van der Waals surface area contributed by atoms with Crippen LogP contribution >= 0.6 is 15.9 Å². The van der Waals surface area contributed by atoms with E-state index in [4.69, 9.17) is 9.47 Å². The van der Waals surface area contributed by atoms with Crippen molar-refractivity contribution in [3.05, 3.63) is 62.8 Å². The number of fused-ring (bicyclic) bond motifs is 6. The number of aromatic amines is 1. The van der Waals surface area contributed by atoms with Crippen molar-refractivity contribution in [2.75, 3.05) is 20.3 Å². The fourth-order valence-corrected chi connectivity index (χ4v) is 5.17. The van der Waals surface area contributed by atoms with Crippen LogP contribution in [0.3, 0.4) is 0 Å². The van der Waals surface area contributed by atoms with Crippen LogP contribution in [0, 0.1) is 11.3 Å². The molecule has 140 valence electrons. The van der Waals surface area contributed by atoms with Gasteiger partial charge in [0.25, 0.3) is 0 Å². The van der Waals surface area contributed by atoms with Crippen LogP contribution in [0.25, 0.3) is 10.9 Å². The quantitative estimate of drug-likeness (QED) is 0.611. The summed E-state index contributed by atoms with van der Waals surface area (Å²) in [7, 11) is 1.63. The van der Waals surface area contributed by atoms with Gasteiger partial charge >= 0.3 is 0 Å². The molecule has 1 aromatic heterocycles. The summed E-state index contributed by atoms with van der Waals surface area (Å²) in [6, 6.07) is 11.5.